The fourth-order valence-electron chi connectivity index (χ4n) is 4.47. The Balaban J connectivity index is 1.69. The largest absolute Gasteiger partial charge is 0.507 e. The number of methoxy groups -OCH3 is 1. The molecule has 4 N–H and O–H groups in total. The molecule has 0 radical (unpaired) electrons. The van der Waals surface area contributed by atoms with Crippen LogP contribution in [-0.4, -0.2) is 56.7 Å². The van der Waals surface area contributed by atoms with Gasteiger partial charge in [0.15, 0.2) is 5.58 Å². The minimum absolute atomic E-state index is 0.0997. The summed E-state index contributed by atoms with van der Waals surface area (Å²) in [6.45, 7) is 7.21. The SMILES string of the molecule is COc1ccc(-c2c(C)oc3c(C[NH+]4CC[NH+](CCO)CC4)c(O)ccc3c2=O)cc1. The van der Waals surface area contributed by atoms with E-state index in [2.05, 4.69) is 0 Å². The molecule has 1 aliphatic rings. The number of hydrogen-bond donors (Lipinski definition) is 4. The van der Waals surface area contributed by atoms with Crippen LogP contribution in [0, 0.1) is 6.92 Å². The Hall–Kier alpha value is -2.87. The summed E-state index contributed by atoms with van der Waals surface area (Å²) >= 11 is 0. The second-order valence-corrected chi connectivity index (χ2v) is 8.18. The molecule has 2 aromatic carbocycles. The number of benzene rings is 2. The summed E-state index contributed by atoms with van der Waals surface area (Å²) < 4.78 is 11.4. The lowest BCUT2D eigenvalue weighted by Gasteiger charge is -2.29. The Kier molecular flexibility index (Phi) is 6.27. The van der Waals surface area contributed by atoms with Crippen molar-refractivity contribution in [3.63, 3.8) is 0 Å². The molecule has 0 atom stereocenters. The molecule has 0 saturated carbocycles. The van der Waals surface area contributed by atoms with Gasteiger partial charge in [-0.05, 0) is 36.8 Å². The zero-order chi connectivity index (χ0) is 22.0. The summed E-state index contributed by atoms with van der Waals surface area (Å²) in [6, 6.07) is 10.6. The first-order chi connectivity index (χ1) is 15.0. The second kappa shape index (κ2) is 9.09. The van der Waals surface area contributed by atoms with E-state index in [0.717, 1.165) is 44.0 Å². The number of fused-ring (bicyclic) bond motifs is 1. The highest BCUT2D eigenvalue weighted by Crippen LogP contribution is 2.30. The molecule has 0 unspecified atom stereocenters. The van der Waals surface area contributed by atoms with Gasteiger partial charge in [-0.15, -0.1) is 0 Å². The van der Waals surface area contributed by atoms with Gasteiger partial charge in [0.1, 0.15) is 56.5 Å². The van der Waals surface area contributed by atoms with Crippen molar-refractivity contribution in [2.75, 3.05) is 46.4 Å². The fraction of sp³-hybridized carbons (Fsp3) is 0.375. The molecule has 31 heavy (non-hydrogen) atoms. The van der Waals surface area contributed by atoms with Crippen molar-refractivity contribution in [2.24, 2.45) is 0 Å². The van der Waals surface area contributed by atoms with Crippen LogP contribution in [0.1, 0.15) is 11.3 Å². The topological polar surface area (TPSA) is 88.8 Å². The number of aryl methyl sites for hydroxylation is 1. The summed E-state index contributed by atoms with van der Waals surface area (Å²) in [5.74, 6) is 1.41. The molecule has 1 aromatic heterocycles. The first-order valence-corrected chi connectivity index (χ1v) is 10.7. The minimum atomic E-state index is -0.0997. The third-order valence-electron chi connectivity index (χ3n) is 6.25. The number of piperazine rings is 1. The Morgan fingerprint density at radius 1 is 1.03 bits per heavy atom. The smallest absolute Gasteiger partial charge is 0.200 e. The summed E-state index contributed by atoms with van der Waals surface area (Å²) in [6.07, 6.45) is 0. The number of phenolic OH excluding ortho intramolecular Hbond substituents is 1. The molecular weight excluding hydrogens is 396 g/mol. The van der Waals surface area contributed by atoms with E-state index in [-0.39, 0.29) is 17.8 Å². The number of hydrogen-bond acceptors (Lipinski definition) is 5. The van der Waals surface area contributed by atoms with Crippen LogP contribution in [0.5, 0.6) is 11.5 Å². The van der Waals surface area contributed by atoms with Crippen molar-refractivity contribution >= 4 is 11.0 Å². The number of rotatable bonds is 6. The average molecular weight is 427 g/mol. The highest BCUT2D eigenvalue weighted by molar-refractivity contribution is 5.86. The van der Waals surface area contributed by atoms with Gasteiger partial charge in [0.05, 0.1) is 30.2 Å². The Labute approximate surface area is 181 Å². The first kappa shape index (κ1) is 21.4. The van der Waals surface area contributed by atoms with Crippen molar-refractivity contribution in [1.82, 2.24) is 0 Å². The molecule has 1 saturated heterocycles. The molecule has 2 heterocycles. The molecule has 4 rings (SSSR count). The van der Waals surface area contributed by atoms with E-state index >= 15 is 0 Å². The maximum absolute atomic E-state index is 13.4. The van der Waals surface area contributed by atoms with Crippen LogP contribution < -0.4 is 20.0 Å². The van der Waals surface area contributed by atoms with E-state index in [1.165, 1.54) is 9.80 Å². The lowest BCUT2D eigenvalue weighted by molar-refractivity contribution is -1.02. The predicted molar refractivity (Wildman–Crippen MR) is 118 cm³/mol. The molecule has 0 bridgehead atoms. The molecular formula is C24H30N2O5+2. The lowest BCUT2D eigenvalue weighted by Crippen LogP contribution is -3.27. The van der Waals surface area contributed by atoms with E-state index in [4.69, 9.17) is 14.3 Å². The Bertz CT molecular complexity index is 1120. The molecule has 7 heteroatoms. The fourth-order valence-corrected chi connectivity index (χ4v) is 4.47. The standard InChI is InChI=1S/C24H28N2O5/c1-16-22(17-3-5-18(30-2)6-4-17)23(29)19-7-8-21(28)20(24(19)31-16)15-26-11-9-25(10-12-26)13-14-27/h3-8,27-28H,9-15H2,1-2H3/p+2. The van der Waals surface area contributed by atoms with Crippen molar-refractivity contribution in [3.8, 4) is 22.6 Å². The monoisotopic (exact) mass is 426 g/mol. The average Bonchev–Trinajstić information content (AvgIpc) is 2.78. The van der Waals surface area contributed by atoms with Crippen molar-refractivity contribution in [3.05, 3.63) is 57.9 Å². The quantitative estimate of drug-likeness (QED) is 0.437. The molecule has 0 spiro atoms. The number of aliphatic hydroxyl groups excluding tert-OH is 1. The lowest BCUT2D eigenvalue weighted by atomic mass is 10.0. The molecule has 0 amide bonds. The zero-order valence-electron chi connectivity index (χ0n) is 18.0. The molecule has 1 aliphatic heterocycles. The summed E-state index contributed by atoms with van der Waals surface area (Å²) in [5, 5.41) is 20.2. The van der Waals surface area contributed by atoms with Crippen LogP contribution in [0.15, 0.2) is 45.6 Å². The highest BCUT2D eigenvalue weighted by Gasteiger charge is 2.26. The van der Waals surface area contributed by atoms with E-state index in [1.807, 2.05) is 24.3 Å². The minimum Gasteiger partial charge on any atom is -0.507 e. The van der Waals surface area contributed by atoms with Crippen LogP contribution in [-0.2, 0) is 6.54 Å². The van der Waals surface area contributed by atoms with Crippen molar-refractivity contribution in [1.29, 1.82) is 0 Å². The van der Waals surface area contributed by atoms with Gasteiger partial charge in [0.2, 0.25) is 5.43 Å². The van der Waals surface area contributed by atoms with Crippen LogP contribution in [0.4, 0.5) is 0 Å². The summed E-state index contributed by atoms with van der Waals surface area (Å²) in [7, 11) is 1.61. The molecule has 7 nitrogen and oxygen atoms in total. The van der Waals surface area contributed by atoms with E-state index in [1.54, 1.807) is 26.2 Å². The number of nitrogens with one attached hydrogen (secondary N) is 2. The number of ether oxygens (including phenoxy) is 1. The predicted octanol–water partition coefficient (Wildman–Crippen LogP) is -0.242. The number of quaternary nitrogens is 2. The van der Waals surface area contributed by atoms with Gasteiger partial charge in [-0.25, -0.2) is 0 Å². The van der Waals surface area contributed by atoms with Crippen molar-refractivity contribution < 1.29 is 29.2 Å². The maximum Gasteiger partial charge on any atom is 0.200 e. The summed E-state index contributed by atoms with van der Waals surface area (Å²) in [4.78, 5) is 16.1. The third-order valence-corrected chi connectivity index (χ3v) is 6.25. The van der Waals surface area contributed by atoms with Crippen LogP contribution in [0.2, 0.25) is 0 Å². The van der Waals surface area contributed by atoms with Gasteiger partial charge >= 0.3 is 0 Å². The maximum atomic E-state index is 13.4. The van der Waals surface area contributed by atoms with E-state index in [0.29, 0.717) is 34.4 Å². The van der Waals surface area contributed by atoms with Crippen LogP contribution in [0.3, 0.4) is 0 Å². The normalized spacial score (nSPS) is 18.9. The van der Waals surface area contributed by atoms with Gasteiger partial charge < -0.3 is 29.2 Å². The zero-order valence-corrected chi connectivity index (χ0v) is 18.0. The molecule has 0 aliphatic carbocycles. The Morgan fingerprint density at radius 2 is 1.71 bits per heavy atom. The summed E-state index contributed by atoms with van der Waals surface area (Å²) in [5.41, 5.74) is 2.35. The number of phenols is 1. The molecule has 1 fully saturated rings. The van der Waals surface area contributed by atoms with Gasteiger partial charge in [0, 0.05) is 0 Å². The highest BCUT2D eigenvalue weighted by atomic mass is 16.5. The van der Waals surface area contributed by atoms with E-state index in [9.17, 15) is 9.90 Å². The van der Waals surface area contributed by atoms with Gasteiger partial charge in [0.25, 0.3) is 0 Å². The first-order valence-electron chi connectivity index (χ1n) is 10.7. The molecule has 164 valence electrons. The van der Waals surface area contributed by atoms with E-state index < -0.39 is 0 Å². The van der Waals surface area contributed by atoms with Crippen LogP contribution >= 0.6 is 0 Å². The van der Waals surface area contributed by atoms with Crippen molar-refractivity contribution in [2.45, 2.75) is 13.5 Å². The van der Waals surface area contributed by atoms with Gasteiger partial charge in [-0.3, -0.25) is 4.79 Å². The van der Waals surface area contributed by atoms with Gasteiger partial charge in [-0.2, -0.15) is 0 Å². The second-order valence-electron chi connectivity index (χ2n) is 8.18. The number of aromatic hydroxyl groups is 1. The van der Waals surface area contributed by atoms with Crippen LogP contribution in [0.25, 0.3) is 22.1 Å². The number of aliphatic hydroxyl groups is 1. The third kappa shape index (κ3) is 4.30. The Morgan fingerprint density at radius 3 is 2.35 bits per heavy atom. The molecule has 3 aromatic rings. The van der Waals surface area contributed by atoms with Gasteiger partial charge in [-0.1, -0.05) is 12.1 Å².